The largest absolute Gasteiger partial charge is 0.398 e. The lowest BCUT2D eigenvalue weighted by Gasteiger charge is -2.35. The van der Waals surface area contributed by atoms with Crippen molar-refractivity contribution >= 4 is 11.6 Å². The van der Waals surface area contributed by atoms with Crippen LogP contribution >= 0.6 is 0 Å². The van der Waals surface area contributed by atoms with Crippen molar-refractivity contribution in [1.82, 2.24) is 4.90 Å². The van der Waals surface area contributed by atoms with Crippen LogP contribution in [0.15, 0.2) is 18.2 Å². The van der Waals surface area contributed by atoms with Crippen molar-refractivity contribution in [2.75, 3.05) is 12.8 Å². The van der Waals surface area contributed by atoms with Crippen LogP contribution in [0, 0.1) is 0 Å². The third-order valence-electron chi connectivity index (χ3n) is 3.55. The fraction of sp³-hybridized carbons (Fsp3) is 0.462. The molecule has 1 saturated carbocycles. The van der Waals surface area contributed by atoms with Crippen LogP contribution in [0.25, 0.3) is 0 Å². The highest BCUT2D eigenvalue weighted by Crippen LogP contribution is 2.26. The molecule has 0 radical (unpaired) electrons. The van der Waals surface area contributed by atoms with Crippen molar-refractivity contribution < 1.29 is 4.79 Å². The Morgan fingerprint density at radius 1 is 1.47 bits per heavy atom. The molecule has 1 aliphatic carbocycles. The van der Waals surface area contributed by atoms with E-state index in [0.29, 0.717) is 17.3 Å². The fourth-order valence-corrected chi connectivity index (χ4v) is 2.12. The van der Waals surface area contributed by atoms with Crippen LogP contribution in [-0.4, -0.2) is 23.9 Å². The van der Waals surface area contributed by atoms with Crippen LogP contribution in [0.2, 0.25) is 0 Å². The maximum Gasteiger partial charge on any atom is 0.248 e. The molecule has 4 heteroatoms. The van der Waals surface area contributed by atoms with E-state index in [2.05, 4.69) is 11.9 Å². The standard InChI is InChI=1S/C13H19N3O/c1-16(11-3-2-4-11)8-10-6-5-9(13(15)17)7-12(10)14/h5-7,11H,2-4,8,14H2,1H3,(H2,15,17). The number of carbonyl (C=O) groups excluding carboxylic acids is 1. The lowest BCUT2D eigenvalue weighted by atomic mass is 9.91. The number of benzene rings is 1. The van der Waals surface area contributed by atoms with Gasteiger partial charge in [-0.05, 0) is 37.6 Å². The van der Waals surface area contributed by atoms with E-state index in [4.69, 9.17) is 11.5 Å². The number of anilines is 1. The summed E-state index contributed by atoms with van der Waals surface area (Å²) in [6.45, 7) is 0.829. The second kappa shape index (κ2) is 4.75. The Bertz CT molecular complexity index is 427. The zero-order valence-electron chi connectivity index (χ0n) is 10.1. The van der Waals surface area contributed by atoms with Gasteiger partial charge in [0.2, 0.25) is 5.91 Å². The Morgan fingerprint density at radius 2 is 2.18 bits per heavy atom. The van der Waals surface area contributed by atoms with E-state index in [-0.39, 0.29) is 0 Å². The summed E-state index contributed by atoms with van der Waals surface area (Å²) in [6.07, 6.45) is 3.87. The van der Waals surface area contributed by atoms with Gasteiger partial charge in [0.05, 0.1) is 0 Å². The molecule has 4 nitrogen and oxygen atoms in total. The summed E-state index contributed by atoms with van der Waals surface area (Å²) in [5, 5.41) is 0. The molecule has 0 heterocycles. The van der Waals surface area contributed by atoms with E-state index in [9.17, 15) is 4.79 Å². The quantitative estimate of drug-likeness (QED) is 0.771. The zero-order valence-corrected chi connectivity index (χ0v) is 10.1. The van der Waals surface area contributed by atoms with Crippen molar-refractivity contribution in [3.63, 3.8) is 0 Å². The molecule has 4 N–H and O–H groups in total. The van der Waals surface area contributed by atoms with Gasteiger partial charge in [0, 0.05) is 23.8 Å². The van der Waals surface area contributed by atoms with Crippen molar-refractivity contribution in [3.05, 3.63) is 29.3 Å². The van der Waals surface area contributed by atoms with Crippen LogP contribution in [0.3, 0.4) is 0 Å². The van der Waals surface area contributed by atoms with E-state index < -0.39 is 5.91 Å². The number of nitrogen functional groups attached to an aromatic ring is 1. The second-order valence-electron chi connectivity index (χ2n) is 4.78. The molecule has 92 valence electrons. The molecule has 0 spiro atoms. The highest BCUT2D eigenvalue weighted by Gasteiger charge is 2.22. The average molecular weight is 233 g/mol. The highest BCUT2D eigenvalue weighted by atomic mass is 16.1. The molecule has 1 amide bonds. The van der Waals surface area contributed by atoms with Crippen LogP contribution in [0.1, 0.15) is 35.2 Å². The van der Waals surface area contributed by atoms with Crippen molar-refractivity contribution in [2.24, 2.45) is 5.73 Å². The summed E-state index contributed by atoms with van der Waals surface area (Å²) in [5.41, 5.74) is 13.3. The first-order chi connectivity index (χ1) is 8.08. The van der Waals surface area contributed by atoms with Crippen molar-refractivity contribution in [3.8, 4) is 0 Å². The van der Waals surface area contributed by atoms with Gasteiger partial charge >= 0.3 is 0 Å². The van der Waals surface area contributed by atoms with E-state index in [1.807, 2.05) is 6.07 Å². The molecule has 1 aromatic rings. The summed E-state index contributed by atoms with van der Waals surface area (Å²) < 4.78 is 0. The van der Waals surface area contributed by atoms with E-state index in [0.717, 1.165) is 12.1 Å². The molecule has 0 aliphatic heterocycles. The smallest absolute Gasteiger partial charge is 0.248 e. The Labute approximate surface area is 102 Å². The second-order valence-corrected chi connectivity index (χ2v) is 4.78. The monoisotopic (exact) mass is 233 g/mol. The first kappa shape index (κ1) is 11.9. The summed E-state index contributed by atoms with van der Waals surface area (Å²) in [7, 11) is 2.12. The molecule has 0 saturated heterocycles. The average Bonchev–Trinajstić information content (AvgIpc) is 2.18. The number of hydrogen-bond donors (Lipinski definition) is 2. The molecule has 17 heavy (non-hydrogen) atoms. The first-order valence-corrected chi connectivity index (χ1v) is 5.96. The SMILES string of the molecule is CN(Cc1ccc(C(N)=O)cc1N)C1CCC1. The molecular formula is C13H19N3O. The summed E-state index contributed by atoms with van der Waals surface area (Å²) in [5.74, 6) is -0.435. The lowest BCUT2D eigenvalue weighted by Crippen LogP contribution is -2.36. The van der Waals surface area contributed by atoms with Gasteiger partial charge in [-0.2, -0.15) is 0 Å². The van der Waals surface area contributed by atoms with E-state index in [1.54, 1.807) is 12.1 Å². The summed E-state index contributed by atoms with van der Waals surface area (Å²) in [4.78, 5) is 13.3. The molecule has 0 unspecified atom stereocenters. The molecule has 1 fully saturated rings. The molecule has 2 rings (SSSR count). The highest BCUT2D eigenvalue weighted by molar-refractivity contribution is 5.93. The van der Waals surface area contributed by atoms with Gasteiger partial charge in [-0.3, -0.25) is 9.69 Å². The number of nitrogens with zero attached hydrogens (tertiary/aromatic N) is 1. The summed E-state index contributed by atoms with van der Waals surface area (Å²) >= 11 is 0. The Kier molecular flexibility index (Phi) is 3.33. The number of primary amides is 1. The van der Waals surface area contributed by atoms with Crippen LogP contribution in [-0.2, 0) is 6.54 Å². The van der Waals surface area contributed by atoms with Gasteiger partial charge in [0.25, 0.3) is 0 Å². The minimum absolute atomic E-state index is 0.435. The molecule has 0 atom stereocenters. The Morgan fingerprint density at radius 3 is 2.65 bits per heavy atom. The van der Waals surface area contributed by atoms with Crippen molar-refractivity contribution in [1.29, 1.82) is 0 Å². The minimum Gasteiger partial charge on any atom is -0.398 e. The molecule has 0 bridgehead atoms. The van der Waals surface area contributed by atoms with Crippen LogP contribution in [0.4, 0.5) is 5.69 Å². The van der Waals surface area contributed by atoms with E-state index >= 15 is 0 Å². The van der Waals surface area contributed by atoms with Gasteiger partial charge in [-0.15, -0.1) is 0 Å². The normalized spacial score (nSPS) is 15.9. The molecule has 1 aliphatic rings. The van der Waals surface area contributed by atoms with E-state index in [1.165, 1.54) is 19.3 Å². The Hall–Kier alpha value is -1.55. The minimum atomic E-state index is -0.435. The molecule has 0 aromatic heterocycles. The number of hydrogen-bond acceptors (Lipinski definition) is 3. The van der Waals surface area contributed by atoms with Crippen molar-refractivity contribution in [2.45, 2.75) is 31.8 Å². The van der Waals surface area contributed by atoms with Gasteiger partial charge in [-0.25, -0.2) is 0 Å². The first-order valence-electron chi connectivity index (χ1n) is 5.96. The maximum atomic E-state index is 11.0. The van der Waals surface area contributed by atoms with Gasteiger partial charge in [-0.1, -0.05) is 12.5 Å². The Balaban J connectivity index is 2.07. The van der Waals surface area contributed by atoms with Crippen LogP contribution < -0.4 is 11.5 Å². The van der Waals surface area contributed by atoms with Gasteiger partial charge in [0.15, 0.2) is 0 Å². The lowest BCUT2D eigenvalue weighted by molar-refractivity contribution is 0.100. The fourth-order valence-electron chi connectivity index (χ4n) is 2.12. The topological polar surface area (TPSA) is 72.3 Å². The number of nitrogens with two attached hydrogens (primary N) is 2. The third kappa shape index (κ3) is 2.58. The van der Waals surface area contributed by atoms with Gasteiger partial charge < -0.3 is 11.5 Å². The molecule has 1 aromatic carbocycles. The maximum absolute atomic E-state index is 11.0. The third-order valence-corrected chi connectivity index (χ3v) is 3.55. The van der Waals surface area contributed by atoms with Crippen LogP contribution in [0.5, 0.6) is 0 Å². The summed E-state index contributed by atoms with van der Waals surface area (Å²) in [6, 6.07) is 5.98. The number of rotatable bonds is 4. The predicted octanol–water partition coefficient (Wildman–Crippen LogP) is 1.35. The van der Waals surface area contributed by atoms with Gasteiger partial charge in [0.1, 0.15) is 0 Å². The number of carbonyl (C=O) groups is 1. The number of amides is 1. The molecular weight excluding hydrogens is 214 g/mol. The predicted molar refractivity (Wildman–Crippen MR) is 68.5 cm³/mol. The zero-order chi connectivity index (χ0) is 12.4.